The van der Waals surface area contributed by atoms with E-state index in [0.717, 1.165) is 11.3 Å². The minimum Gasteiger partial charge on any atom is -0.316 e. The average Bonchev–Trinajstić information content (AvgIpc) is 3.00. The summed E-state index contributed by atoms with van der Waals surface area (Å²) in [4.78, 5) is 4.10. The molecule has 2 rings (SSSR count). The van der Waals surface area contributed by atoms with Crippen LogP contribution in [-0.4, -0.2) is 31.8 Å². The average molecular weight is 317 g/mol. The lowest BCUT2D eigenvalue weighted by Gasteiger charge is -2.14. The Kier molecular flexibility index (Phi) is 4.69. The number of nitrogens with one attached hydrogen (secondary N) is 1. The third kappa shape index (κ3) is 3.40. The third-order valence-electron chi connectivity index (χ3n) is 2.54. The molecule has 0 amide bonds. The summed E-state index contributed by atoms with van der Waals surface area (Å²) in [6.45, 7) is 0.965. The van der Waals surface area contributed by atoms with Crippen molar-refractivity contribution in [1.29, 1.82) is 0 Å². The fraction of sp³-hybridized carbons (Fsp3) is 0.364. The molecule has 5 nitrogen and oxygen atoms in total. The smallest absolute Gasteiger partial charge is 0.252 e. The molecule has 2 aromatic rings. The monoisotopic (exact) mass is 317 g/mol. The molecule has 19 heavy (non-hydrogen) atoms. The summed E-state index contributed by atoms with van der Waals surface area (Å²) in [7, 11) is -0.0148. The van der Waals surface area contributed by atoms with Crippen molar-refractivity contribution in [3.8, 4) is 0 Å². The molecular formula is C11H15N3O2S3. The molecule has 8 heteroatoms. The van der Waals surface area contributed by atoms with Gasteiger partial charge in [0.1, 0.15) is 4.21 Å². The Morgan fingerprint density at radius 3 is 2.84 bits per heavy atom. The molecule has 0 bridgehead atoms. The van der Waals surface area contributed by atoms with E-state index in [4.69, 9.17) is 0 Å². The van der Waals surface area contributed by atoms with E-state index < -0.39 is 10.0 Å². The van der Waals surface area contributed by atoms with Gasteiger partial charge in [0.25, 0.3) is 10.0 Å². The van der Waals surface area contributed by atoms with Gasteiger partial charge in [0.15, 0.2) is 0 Å². The first kappa shape index (κ1) is 14.6. The highest BCUT2D eigenvalue weighted by atomic mass is 32.2. The van der Waals surface area contributed by atoms with Crippen molar-refractivity contribution in [3.05, 3.63) is 33.6 Å². The fourth-order valence-electron chi connectivity index (χ4n) is 1.57. The normalized spacial score (nSPS) is 12.2. The molecule has 0 unspecified atom stereocenters. The van der Waals surface area contributed by atoms with Gasteiger partial charge in [0.2, 0.25) is 0 Å². The molecule has 0 aliphatic rings. The zero-order chi connectivity index (χ0) is 13.9. The van der Waals surface area contributed by atoms with Gasteiger partial charge in [-0.1, -0.05) is 0 Å². The quantitative estimate of drug-likeness (QED) is 0.881. The Morgan fingerprint density at radius 1 is 1.42 bits per heavy atom. The van der Waals surface area contributed by atoms with Crippen LogP contribution >= 0.6 is 22.7 Å². The Labute approximate surface area is 121 Å². The lowest BCUT2D eigenvalue weighted by molar-refractivity contribution is 0.464. The summed E-state index contributed by atoms with van der Waals surface area (Å²) < 4.78 is 26.4. The van der Waals surface area contributed by atoms with E-state index in [-0.39, 0.29) is 0 Å². The van der Waals surface area contributed by atoms with Gasteiger partial charge in [-0.15, -0.1) is 22.7 Å². The second kappa shape index (κ2) is 6.10. The topological polar surface area (TPSA) is 62.3 Å². The highest BCUT2D eigenvalue weighted by Gasteiger charge is 2.23. The number of thiophene rings is 1. The molecule has 0 saturated heterocycles. The molecule has 104 valence electrons. The predicted molar refractivity (Wildman–Crippen MR) is 77.8 cm³/mol. The lowest BCUT2D eigenvalue weighted by atomic mass is 10.3. The minimum absolute atomic E-state index is 0.297. The van der Waals surface area contributed by atoms with Crippen LogP contribution < -0.4 is 5.32 Å². The van der Waals surface area contributed by atoms with Gasteiger partial charge in [-0.05, 0) is 24.1 Å². The van der Waals surface area contributed by atoms with E-state index in [1.807, 2.05) is 17.8 Å². The number of nitrogens with zero attached hydrogens (tertiary/aromatic N) is 2. The molecule has 0 spiro atoms. The molecule has 0 aromatic carbocycles. The fourth-order valence-corrected chi connectivity index (χ4v) is 4.68. The Hall–Kier alpha value is -0.800. The number of rotatable bonds is 6. The zero-order valence-corrected chi connectivity index (χ0v) is 13.1. The standard InChI is InChI=1S/C11H15N3O2S3/c1-12-4-9-3-11(18-6-9)19(15,16)14(2)5-10-7-17-8-13-10/h3,6-8,12H,4-5H2,1-2H3. The van der Waals surface area contributed by atoms with Crippen LogP contribution in [0.15, 0.2) is 26.5 Å². The van der Waals surface area contributed by atoms with Crippen molar-refractivity contribution in [1.82, 2.24) is 14.6 Å². The second-order valence-corrected chi connectivity index (χ2v) is 7.95. The molecule has 0 aliphatic heterocycles. The number of thiazole rings is 1. The Morgan fingerprint density at radius 2 is 2.21 bits per heavy atom. The minimum atomic E-state index is -3.42. The Balaban J connectivity index is 2.16. The highest BCUT2D eigenvalue weighted by molar-refractivity contribution is 7.91. The largest absolute Gasteiger partial charge is 0.316 e. The first-order chi connectivity index (χ1) is 9.04. The number of aromatic nitrogens is 1. The van der Waals surface area contributed by atoms with E-state index in [0.29, 0.717) is 17.3 Å². The van der Waals surface area contributed by atoms with Gasteiger partial charge in [-0.2, -0.15) is 4.31 Å². The molecule has 0 aliphatic carbocycles. The van der Waals surface area contributed by atoms with Crippen LogP contribution in [0.5, 0.6) is 0 Å². The summed E-state index contributed by atoms with van der Waals surface area (Å²) in [5, 5.41) is 6.72. The van der Waals surface area contributed by atoms with Crippen LogP contribution in [0.4, 0.5) is 0 Å². The van der Waals surface area contributed by atoms with Gasteiger partial charge in [-0.3, -0.25) is 0 Å². The lowest BCUT2D eigenvalue weighted by Crippen LogP contribution is -2.26. The molecule has 0 atom stereocenters. The predicted octanol–water partition coefficient (Wildman–Crippen LogP) is 1.74. The summed E-state index contributed by atoms with van der Waals surface area (Å²) in [5.41, 5.74) is 3.45. The summed E-state index contributed by atoms with van der Waals surface area (Å²) >= 11 is 2.71. The molecule has 0 saturated carbocycles. The SMILES string of the molecule is CNCc1csc(S(=O)(=O)N(C)Cc2cscn2)c1. The zero-order valence-electron chi connectivity index (χ0n) is 10.7. The summed E-state index contributed by atoms with van der Waals surface area (Å²) in [5.74, 6) is 0. The van der Waals surface area contributed by atoms with Crippen molar-refractivity contribution in [2.45, 2.75) is 17.3 Å². The molecule has 1 N–H and O–H groups in total. The third-order valence-corrected chi connectivity index (χ3v) is 6.45. The van der Waals surface area contributed by atoms with E-state index in [1.165, 1.54) is 27.0 Å². The van der Waals surface area contributed by atoms with E-state index in [2.05, 4.69) is 10.3 Å². The van der Waals surface area contributed by atoms with Gasteiger partial charge in [0, 0.05) is 19.0 Å². The summed E-state index contributed by atoms with van der Waals surface area (Å²) in [6.07, 6.45) is 0. The van der Waals surface area contributed by atoms with Gasteiger partial charge >= 0.3 is 0 Å². The van der Waals surface area contributed by atoms with Crippen LogP contribution in [0.2, 0.25) is 0 Å². The first-order valence-electron chi connectivity index (χ1n) is 5.59. The van der Waals surface area contributed by atoms with Gasteiger partial charge in [0.05, 0.1) is 17.7 Å². The number of hydrogen-bond acceptors (Lipinski definition) is 6. The van der Waals surface area contributed by atoms with Crippen molar-refractivity contribution in [3.63, 3.8) is 0 Å². The highest BCUT2D eigenvalue weighted by Crippen LogP contribution is 2.24. The van der Waals surface area contributed by atoms with Crippen LogP contribution in [0.1, 0.15) is 11.3 Å². The van der Waals surface area contributed by atoms with Crippen molar-refractivity contribution < 1.29 is 8.42 Å². The van der Waals surface area contributed by atoms with Gasteiger partial charge in [-0.25, -0.2) is 13.4 Å². The Bertz CT molecular complexity index is 619. The first-order valence-corrected chi connectivity index (χ1v) is 8.85. The molecule has 2 aromatic heterocycles. The molecule has 0 fully saturated rings. The van der Waals surface area contributed by atoms with E-state index in [1.54, 1.807) is 18.6 Å². The number of hydrogen-bond donors (Lipinski definition) is 1. The van der Waals surface area contributed by atoms with Crippen LogP contribution in [0.3, 0.4) is 0 Å². The second-order valence-electron chi connectivity index (χ2n) is 4.05. The maximum Gasteiger partial charge on any atom is 0.252 e. The van der Waals surface area contributed by atoms with Crippen LogP contribution in [0.25, 0.3) is 0 Å². The van der Waals surface area contributed by atoms with E-state index >= 15 is 0 Å². The van der Waals surface area contributed by atoms with Crippen LogP contribution in [-0.2, 0) is 23.1 Å². The molecule has 2 heterocycles. The molecular weight excluding hydrogens is 302 g/mol. The maximum absolute atomic E-state index is 12.4. The van der Waals surface area contributed by atoms with E-state index in [9.17, 15) is 8.42 Å². The number of sulfonamides is 1. The maximum atomic E-state index is 12.4. The van der Waals surface area contributed by atoms with Crippen molar-refractivity contribution in [2.75, 3.05) is 14.1 Å². The van der Waals surface area contributed by atoms with Crippen molar-refractivity contribution >= 4 is 32.7 Å². The van der Waals surface area contributed by atoms with Gasteiger partial charge < -0.3 is 5.32 Å². The van der Waals surface area contributed by atoms with Crippen molar-refractivity contribution in [2.24, 2.45) is 0 Å². The summed E-state index contributed by atoms with van der Waals surface area (Å²) in [6, 6.07) is 1.72. The van der Waals surface area contributed by atoms with Crippen LogP contribution in [0, 0.1) is 0 Å². The molecule has 0 radical (unpaired) electrons.